The number of hydrogen-bond donors (Lipinski definition) is 0. The van der Waals surface area contributed by atoms with Crippen LogP contribution in [0.3, 0.4) is 0 Å². The maximum atomic E-state index is 11.8. The van der Waals surface area contributed by atoms with Gasteiger partial charge in [-0.25, -0.2) is 0 Å². The topological polar surface area (TPSA) is 59.5 Å². The number of ether oxygens (including phenoxy) is 1. The minimum absolute atomic E-state index is 0.0479. The molecule has 0 saturated carbocycles. The van der Waals surface area contributed by atoms with E-state index in [-0.39, 0.29) is 11.9 Å². The molecule has 1 aromatic rings. The van der Waals surface area contributed by atoms with E-state index in [1.807, 2.05) is 12.1 Å². The zero-order chi connectivity index (χ0) is 14.1. The standard InChI is InChI=1S/C13H18N2O3S/c1-15(9-3-4-13(17)18-2)12(16)10-19-11-5-7-14-8-6-11/h5-8H,3-4,9-10H2,1-2H3. The van der Waals surface area contributed by atoms with E-state index in [4.69, 9.17) is 0 Å². The van der Waals surface area contributed by atoms with Crippen molar-refractivity contribution in [2.75, 3.05) is 26.5 Å². The minimum atomic E-state index is -0.244. The number of nitrogens with zero attached hydrogens (tertiary/aromatic N) is 2. The first-order chi connectivity index (χ1) is 9.13. The molecule has 1 rings (SSSR count). The number of esters is 1. The molecule has 0 radical (unpaired) electrons. The predicted octanol–water partition coefficient (Wildman–Crippen LogP) is 1.59. The lowest BCUT2D eigenvalue weighted by atomic mass is 10.3. The fraction of sp³-hybridized carbons (Fsp3) is 0.462. The molecule has 6 heteroatoms. The summed E-state index contributed by atoms with van der Waals surface area (Å²) in [6, 6.07) is 3.74. The molecule has 1 amide bonds. The SMILES string of the molecule is COC(=O)CCCN(C)C(=O)CSc1ccncc1. The van der Waals surface area contributed by atoms with Crippen molar-refractivity contribution in [2.45, 2.75) is 17.7 Å². The molecule has 104 valence electrons. The first kappa shape index (κ1) is 15.5. The summed E-state index contributed by atoms with van der Waals surface area (Å²) in [7, 11) is 3.11. The predicted molar refractivity (Wildman–Crippen MR) is 73.8 cm³/mol. The Bertz CT molecular complexity index is 412. The molecule has 0 bridgehead atoms. The summed E-state index contributed by atoms with van der Waals surface area (Å²) in [5, 5.41) is 0. The molecular formula is C13H18N2O3S. The van der Waals surface area contributed by atoms with Gasteiger partial charge in [-0.2, -0.15) is 0 Å². The zero-order valence-electron chi connectivity index (χ0n) is 11.2. The summed E-state index contributed by atoms with van der Waals surface area (Å²) in [5.74, 6) is 0.192. The lowest BCUT2D eigenvalue weighted by molar-refractivity contribution is -0.141. The Kier molecular flexibility index (Phi) is 6.95. The van der Waals surface area contributed by atoms with E-state index in [0.29, 0.717) is 25.1 Å². The molecule has 0 aromatic carbocycles. The Morgan fingerprint density at radius 1 is 1.37 bits per heavy atom. The lowest BCUT2D eigenvalue weighted by Gasteiger charge is -2.16. The smallest absolute Gasteiger partial charge is 0.305 e. The molecule has 0 aliphatic heterocycles. The zero-order valence-corrected chi connectivity index (χ0v) is 12.0. The first-order valence-electron chi connectivity index (χ1n) is 5.97. The highest BCUT2D eigenvalue weighted by atomic mass is 32.2. The number of pyridine rings is 1. The van der Waals surface area contributed by atoms with E-state index in [2.05, 4.69) is 9.72 Å². The summed E-state index contributed by atoms with van der Waals surface area (Å²) >= 11 is 1.48. The Balaban J connectivity index is 2.23. The number of rotatable bonds is 7. The summed E-state index contributed by atoms with van der Waals surface area (Å²) in [5.41, 5.74) is 0. The van der Waals surface area contributed by atoms with Gasteiger partial charge in [0.2, 0.25) is 5.91 Å². The molecule has 0 atom stereocenters. The lowest BCUT2D eigenvalue weighted by Crippen LogP contribution is -2.29. The third-order valence-electron chi connectivity index (χ3n) is 2.54. The number of amides is 1. The van der Waals surface area contributed by atoms with Crippen LogP contribution in [0.1, 0.15) is 12.8 Å². The summed E-state index contributed by atoms with van der Waals surface area (Å²) < 4.78 is 4.55. The highest BCUT2D eigenvalue weighted by Gasteiger charge is 2.10. The van der Waals surface area contributed by atoms with Crippen molar-refractivity contribution in [3.05, 3.63) is 24.5 Å². The average Bonchev–Trinajstić information content (AvgIpc) is 2.45. The van der Waals surface area contributed by atoms with E-state index in [0.717, 1.165) is 4.90 Å². The van der Waals surface area contributed by atoms with Gasteiger partial charge in [0.1, 0.15) is 0 Å². The molecular weight excluding hydrogens is 264 g/mol. The second kappa shape index (κ2) is 8.53. The van der Waals surface area contributed by atoms with Crippen molar-refractivity contribution in [1.82, 2.24) is 9.88 Å². The van der Waals surface area contributed by atoms with Crippen LogP contribution >= 0.6 is 11.8 Å². The van der Waals surface area contributed by atoms with Crippen molar-refractivity contribution >= 4 is 23.6 Å². The van der Waals surface area contributed by atoms with E-state index in [9.17, 15) is 9.59 Å². The van der Waals surface area contributed by atoms with Gasteiger partial charge >= 0.3 is 5.97 Å². The van der Waals surface area contributed by atoms with E-state index in [1.54, 1.807) is 24.3 Å². The fourth-order valence-electron chi connectivity index (χ4n) is 1.38. The molecule has 0 N–H and O–H groups in total. The van der Waals surface area contributed by atoms with Crippen molar-refractivity contribution in [3.63, 3.8) is 0 Å². The second-order valence-electron chi connectivity index (χ2n) is 3.97. The van der Waals surface area contributed by atoms with Crippen molar-refractivity contribution in [2.24, 2.45) is 0 Å². The van der Waals surface area contributed by atoms with Crippen LogP contribution in [-0.2, 0) is 14.3 Å². The molecule has 0 unspecified atom stereocenters. The third-order valence-corrected chi connectivity index (χ3v) is 3.54. The van der Waals surface area contributed by atoms with Gasteiger partial charge in [-0.1, -0.05) is 0 Å². The van der Waals surface area contributed by atoms with Gasteiger partial charge in [0.05, 0.1) is 12.9 Å². The second-order valence-corrected chi connectivity index (χ2v) is 5.02. The van der Waals surface area contributed by atoms with Crippen LogP contribution in [0.25, 0.3) is 0 Å². The quantitative estimate of drug-likeness (QED) is 0.561. The molecule has 0 aliphatic rings. The maximum Gasteiger partial charge on any atom is 0.305 e. The molecule has 19 heavy (non-hydrogen) atoms. The molecule has 0 fully saturated rings. The van der Waals surface area contributed by atoms with Gasteiger partial charge in [-0.3, -0.25) is 14.6 Å². The Morgan fingerprint density at radius 2 is 2.05 bits per heavy atom. The van der Waals surface area contributed by atoms with Gasteiger partial charge in [0.15, 0.2) is 0 Å². The number of thioether (sulfide) groups is 1. The van der Waals surface area contributed by atoms with Gasteiger partial charge < -0.3 is 9.64 Å². The van der Waals surface area contributed by atoms with Crippen LogP contribution < -0.4 is 0 Å². The van der Waals surface area contributed by atoms with Gasteiger partial charge in [-0.15, -0.1) is 11.8 Å². The van der Waals surface area contributed by atoms with E-state index in [1.165, 1.54) is 18.9 Å². The Hall–Kier alpha value is -1.56. The molecule has 0 aliphatic carbocycles. The maximum absolute atomic E-state index is 11.8. The van der Waals surface area contributed by atoms with Crippen LogP contribution in [0.2, 0.25) is 0 Å². The molecule has 0 saturated heterocycles. The Labute approximate surface area is 117 Å². The highest BCUT2D eigenvalue weighted by Crippen LogP contribution is 2.16. The largest absolute Gasteiger partial charge is 0.469 e. The minimum Gasteiger partial charge on any atom is -0.469 e. The number of carbonyl (C=O) groups excluding carboxylic acids is 2. The number of methoxy groups -OCH3 is 1. The number of aromatic nitrogens is 1. The van der Waals surface area contributed by atoms with Gasteiger partial charge in [0, 0.05) is 37.3 Å². The van der Waals surface area contributed by atoms with E-state index < -0.39 is 0 Å². The number of carbonyl (C=O) groups is 2. The molecule has 5 nitrogen and oxygen atoms in total. The van der Waals surface area contributed by atoms with Crippen LogP contribution in [0.15, 0.2) is 29.4 Å². The Morgan fingerprint density at radius 3 is 2.68 bits per heavy atom. The van der Waals surface area contributed by atoms with Gasteiger partial charge in [-0.05, 0) is 18.6 Å². The van der Waals surface area contributed by atoms with Crippen LogP contribution in [0.4, 0.5) is 0 Å². The summed E-state index contributed by atoms with van der Waals surface area (Å²) in [6.07, 6.45) is 4.36. The monoisotopic (exact) mass is 282 g/mol. The molecule has 1 aromatic heterocycles. The van der Waals surface area contributed by atoms with Gasteiger partial charge in [0.25, 0.3) is 0 Å². The first-order valence-corrected chi connectivity index (χ1v) is 6.95. The van der Waals surface area contributed by atoms with Crippen molar-refractivity contribution in [1.29, 1.82) is 0 Å². The summed E-state index contributed by atoms with van der Waals surface area (Å²) in [4.78, 5) is 29.3. The van der Waals surface area contributed by atoms with Crippen LogP contribution in [-0.4, -0.2) is 48.2 Å². The average molecular weight is 282 g/mol. The summed E-state index contributed by atoms with van der Waals surface area (Å²) in [6.45, 7) is 0.560. The molecule has 0 spiro atoms. The van der Waals surface area contributed by atoms with Crippen molar-refractivity contribution < 1.29 is 14.3 Å². The van der Waals surface area contributed by atoms with Crippen LogP contribution in [0, 0.1) is 0 Å². The third kappa shape index (κ3) is 6.24. The highest BCUT2D eigenvalue weighted by molar-refractivity contribution is 8.00. The number of hydrogen-bond acceptors (Lipinski definition) is 5. The normalized spacial score (nSPS) is 10.0. The van der Waals surface area contributed by atoms with Crippen molar-refractivity contribution in [3.8, 4) is 0 Å². The fourth-order valence-corrected chi connectivity index (χ4v) is 2.20. The van der Waals surface area contributed by atoms with E-state index >= 15 is 0 Å². The molecule has 1 heterocycles. The van der Waals surface area contributed by atoms with Crippen LogP contribution in [0.5, 0.6) is 0 Å².